The predicted molar refractivity (Wildman–Crippen MR) is 111 cm³/mol. The van der Waals surface area contributed by atoms with Gasteiger partial charge in [0.25, 0.3) is 5.56 Å². The summed E-state index contributed by atoms with van der Waals surface area (Å²) in [4.78, 5) is 28.9. The summed E-state index contributed by atoms with van der Waals surface area (Å²) >= 11 is 0. The van der Waals surface area contributed by atoms with E-state index in [2.05, 4.69) is 15.6 Å². The van der Waals surface area contributed by atoms with Gasteiger partial charge in [0.2, 0.25) is 5.91 Å². The fourth-order valence-corrected chi connectivity index (χ4v) is 2.92. The molecular weight excluding hydrogens is 371 g/mol. The van der Waals surface area contributed by atoms with Crippen molar-refractivity contribution in [3.05, 3.63) is 95.3 Å². The van der Waals surface area contributed by atoms with Crippen LogP contribution in [0, 0.1) is 5.82 Å². The van der Waals surface area contributed by atoms with E-state index in [0.717, 1.165) is 22.0 Å². The van der Waals surface area contributed by atoms with Gasteiger partial charge >= 0.3 is 0 Å². The number of amides is 1. The molecule has 0 aliphatic carbocycles. The zero-order chi connectivity index (χ0) is 20.2. The fourth-order valence-electron chi connectivity index (χ4n) is 2.92. The van der Waals surface area contributed by atoms with Crippen molar-refractivity contribution in [3.63, 3.8) is 0 Å². The van der Waals surface area contributed by atoms with Crippen LogP contribution >= 0.6 is 0 Å². The third-order valence-electron chi connectivity index (χ3n) is 4.33. The van der Waals surface area contributed by atoms with Crippen molar-refractivity contribution in [1.29, 1.82) is 0 Å². The van der Waals surface area contributed by atoms with Crippen molar-refractivity contribution >= 4 is 33.9 Å². The first-order chi connectivity index (χ1) is 14.1. The molecule has 0 bridgehead atoms. The van der Waals surface area contributed by atoms with Crippen LogP contribution in [0.15, 0.2) is 83.9 Å². The van der Waals surface area contributed by atoms with E-state index in [4.69, 9.17) is 0 Å². The second kappa shape index (κ2) is 7.93. The maximum Gasteiger partial charge on any atom is 0.261 e. The molecule has 4 aromatic rings. The number of rotatable bonds is 5. The van der Waals surface area contributed by atoms with Crippen molar-refractivity contribution < 1.29 is 9.18 Å². The average molecular weight is 388 g/mol. The molecule has 0 spiro atoms. The van der Waals surface area contributed by atoms with Crippen LogP contribution in [0.25, 0.3) is 10.9 Å². The molecule has 1 amide bonds. The monoisotopic (exact) mass is 388 g/mol. The highest BCUT2D eigenvalue weighted by Crippen LogP contribution is 2.18. The number of benzene rings is 3. The van der Waals surface area contributed by atoms with Crippen LogP contribution in [-0.2, 0) is 11.3 Å². The minimum atomic E-state index is -0.525. The number of nitrogens with zero attached hydrogens (tertiary/aromatic N) is 2. The lowest BCUT2D eigenvalue weighted by molar-refractivity contribution is -0.116. The molecule has 7 heteroatoms. The number of para-hydroxylation sites is 1. The molecule has 2 N–H and O–H groups in total. The number of hydrogen-bond acceptors (Lipinski definition) is 4. The quantitative estimate of drug-likeness (QED) is 0.543. The molecule has 1 aromatic heterocycles. The lowest BCUT2D eigenvalue weighted by Gasteiger charge is -2.10. The minimum Gasteiger partial charge on any atom is -0.356 e. The van der Waals surface area contributed by atoms with Crippen LogP contribution in [0.3, 0.4) is 0 Å². The standard InChI is InChI=1S/C22H17FN4O2/c23-15-6-11-20-19(12-15)22(29)27(14-24-20)13-21(28)26-18-9-7-17(8-10-18)25-16-4-2-1-3-5-16/h1-12,14,25H,13H2,(H,26,28). The molecule has 29 heavy (non-hydrogen) atoms. The highest BCUT2D eigenvalue weighted by atomic mass is 19.1. The Morgan fingerprint density at radius 1 is 0.931 bits per heavy atom. The first kappa shape index (κ1) is 18.4. The highest BCUT2D eigenvalue weighted by molar-refractivity contribution is 5.91. The number of nitrogens with one attached hydrogen (secondary N) is 2. The van der Waals surface area contributed by atoms with E-state index < -0.39 is 11.4 Å². The van der Waals surface area contributed by atoms with Gasteiger partial charge in [0.15, 0.2) is 0 Å². The summed E-state index contributed by atoms with van der Waals surface area (Å²) in [6.45, 7) is -0.220. The number of carbonyl (C=O) groups is 1. The summed E-state index contributed by atoms with van der Waals surface area (Å²) in [5, 5.41) is 6.13. The molecule has 0 radical (unpaired) electrons. The van der Waals surface area contributed by atoms with E-state index in [1.165, 1.54) is 18.5 Å². The molecule has 0 aliphatic rings. The summed E-state index contributed by atoms with van der Waals surface area (Å²) < 4.78 is 14.6. The number of fused-ring (bicyclic) bond motifs is 1. The number of halogens is 1. The Bertz CT molecular complexity index is 1220. The minimum absolute atomic E-state index is 0.136. The highest BCUT2D eigenvalue weighted by Gasteiger charge is 2.09. The Labute approximate surface area is 165 Å². The van der Waals surface area contributed by atoms with Gasteiger partial charge in [0, 0.05) is 17.1 Å². The zero-order valence-electron chi connectivity index (χ0n) is 15.3. The summed E-state index contributed by atoms with van der Waals surface area (Å²) in [6, 6.07) is 20.7. The molecule has 6 nitrogen and oxygen atoms in total. The third kappa shape index (κ3) is 4.30. The Balaban J connectivity index is 1.44. The van der Waals surface area contributed by atoms with Gasteiger partial charge in [-0.2, -0.15) is 0 Å². The number of carbonyl (C=O) groups excluding carboxylic acids is 1. The van der Waals surface area contributed by atoms with E-state index in [1.54, 1.807) is 12.1 Å². The summed E-state index contributed by atoms with van der Waals surface area (Å²) in [7, 11) is 0. The Morgan fingerprint density at radius 3 is 2.38 bits per heavy atom. The van der Waals surface area contributed by atoms with Gasteiger partial charge < -0.3 is 10.6 Å². The fraction of sp³-hybridized carbons (Fsp3) is 0.0455. The van der Waals surface area contributed by atoms with Crippen LogP contribution in [0.5, 0.6) is 0 Å². The topological polar surface area (TPSA) is 76.0 Å². The molecular formula is C22H17FN4O2. The van der Waals surface area contributed by atoms with Crippen LogP contribution in [0.2, 0.25) is 0 Å². The van der Waals surface area contributed by atoms with Gasteiger partial charge in [-0.25, -0.2) is 9.37 Å². The SMILES string of the molecule is O=C(Cn1cnc2ccc(F)cc2c1=O)Nc1ccc(Nc2ccccc2)cc1. The van der Waals surface area contributed by atoms with Gasteiger partial charge in [-0.15, -0.1) is 0 Å². The van der Waals surface area contributed by atoms with Crippen molar-refractivity contribution in [1.82, 2.24) is 9.55 Å². The molecule has 0 saturated heterocycles. The molecule has 0 atom stereocenters. The van der Waals surface area contributed by atoms with Gasteiger partial charge in [-0.3, -0.25) is 14.2 Å². The van der Waals surface area contributed by atoms with Crippen LogP contribution < -0.4 is 16.2 Å². The number of anilines is 3. The first-order valence-electron chi connectivity index (χ1n) is 8.95. The van der Waals surface area contributed by atoms with Crippen molar-refractivity contribution in [2.24, 2.45) is 0 Å². The second-order valence-corrected chi connectivity index (χ2v) is 6.46. The summed E-state index contributed by atoms with van der Waals surface area (Å²) in [5.41, 5.74) is 2.36. The Hall–Kier alpha value is -4.00. The third-order valence-corrected chi connectivity index (χ3v) is 4.33. The molecule has 0 saturated carbocycles. The van der Waals surface area contributed by atoms with E-state index in [0.29, 0.717) is 11.2 Å². The average Bonchev–Trinajstić information content (AvgIpc) is 2.73. The number of hydrogen-bond donors (Lipinski definition) is 2. The lowest BCUT2D eigenvalue weighted by atomic mass is 10.2. The van der Waals surface area contributed by atoms with E-state index in [1.807, 2.05) is 42.5 Å². The second-order valence-electron chi connectivity index (χ2n) is 6.46. The van der Waals surface area contributed by atoms with E-state index in [-0.39, 0.29) is 17.8 Å². The summed E-state index contributed by atoms with van der Waals surface area (Å²) in [5.74, 6) is -0.906. The van der Waals surface area contributed by atoms with Crippen molar-refractivity contribution in [2.45, 2.75) is 6.54 Å². The van der Waals surface area contributed by atoms with Crippen molar-refractivity contribution in [3.8, 4) is 0 Å². The van der Waals surface area contributed by atoms with Gasteiger partial charge in [-0.1, -0.05) is 18.2 Å². The Morgan fingerprint density at radius 2 is 1.62 bits per heavy atom. The molecule has 0 fully saturated rings. The van der Waals surface area contributed by atoms with E-state index in [9.17, 15) is 14.0 Å². The zero-order valence-corrected chi connectivity index (χ0v) is 15.3. The smallest absolute Gasteiger partial charge is 0.261 e. The Kier molecular flexibility index (Phi) is 5.03. The maximum atomic E-state index is 13.4. The molecule has 4 rings (SSSR count). The first-order valence-corrected chi connectivity index (χ1v) is 8.95. The van der Waals surface area contributed by atoms with Gasteiger partial charge in [0.05, 0.1) is 17.2 Å². The lowest BCUT2D eigenvalue weighted by Crippen LogP contribution is -2.28. The van der Waals surface area contributed by atoms with Crippen LogP contribution in [-0.4, -0.2) is 15.5 Å². The maximum absolute atomic E-state index is 13.4. The van der Waals surface area contributed by atoms with E-state index >= 15 is 0 Å². The molecule has 3 aromatic carbocycles. The van der Waals surface area contributed by atoms with Crippen LogP contribution in [0.1, 0.15) is 0 Å². The normalized spacial score (nSPS) is 10.7. The molecule has 1 heterocycles. The molecule has 0 unspecified atom stereocenters. The predicted octanol–water partition coefficient (Wildman–Crippen LogP) is 3.92. The number of aromatic nitrogens is 2. The van der Waals surface area contributed by atoms with Crippen LogP contribution in [0.4, 0.5) is 21.5 Å². The summed E-state index contributed by atoms with van der Waals surface area (Å²) in [6.07, 6.45) is 1.29. The van der Waals surface area contributed by atoms with Crippen molar-refractivity contribution in [2.75, 3.05) is 10.6 Å². The largest absolute Gasteiger partial charge is 0.356 e. The van der Waals surface area contributed by atoms with Gasteiger partial charge in [-0.05, 0) is 54.6 Å². The van der Waals surface area contributed by atoms with Gasteiger partial charge in [0.1, 0.15) is 12.4 Å². The molecule has 0 aliphatic heterocycles. The molecule has 144 valence electrons.